The van der Waals surface area contributed by atoms with Crippen LogP contribution in [-0.2, 0) is 18.9 Å². The van der Waals surface area contributed by atoms with E-state index in [1.165, 1.54) is 19.3 Å². The Hall–Kier alpha value is -0.160. The highest BCUT2D eigenvalue weighted by atomic mass is 16.7. The molecule has 2 saturated heterocycles. The lowest BCUT2D eigenvalue weighted by atomic mass is 9.93. The third-order valence-corrected chi connectivity index (χ3v) is 3.66. The molecule has 1 saturated carbocycles. The molecule has 4 nitrogen and oxygen atoms in total. The third-order valence-electron chi connectivity index (χ3n) is 3.66. The van der Waals surface area contributed by atoms with Gasteiger partial charge in [0.15, 0.2) is 5.79 Å². The fourth-order valence-electron chi connectivity index (χ4n) is 2.66. The van der Waals surface area contributed by atoms with Crippen molar-refractivity contribution in [1.82, 2.24) is 0 Å². The minimum Gasteiger partial charge on any atom is -0.355 e. The van der Waals surface area contributed by atoms with Gasteiger partial charge in [-0.3, -0.25) is 0 Å². The van der Waals surface area contributed by atoms with Crippen LogP contribution in [0.2, 0.25) is 0 Å². The van der Waals surface area contributed by atoms with E-state index in [0.29, 0.717) is 12.9 Å². The molecular weight excluding hydrogens is 232 g/mol. The predicted octanol–water partition coefficient (Wildman–Crippen LogP) is 2.85. The second-order valence-corrected chi connectivity index (χ2v) is 5.32. The van der Waals surface area contributed by atoms with Gasteiger partial charge in [0.05, 0.1) is 25.9 Å². The van der Waals surface area contributed by atoms with E-state index in [2.05, 4.69) is 6.92 Å². The lowest BCUT2D eigenvalue weighted by Crippen LogP contribution is -2.45. The van der Waals surface area contributed by atoms with Crippen molar-refractivity contribution in [2.75, 3.05) is 26.6 Å². The van der Waals surface area contributed by atoms with E-state index >= 15 is 0 Å². The Morgan fingerprint density at radius 1 is 0.889 bits per heavy atom. The van der Waals surface area contributed by atoms with Gasteiger partial charge >= 0.3 is 0 Å². The molecule has 1 aliphatic carbocycles. The van der Waals surface area contributed by atoms with Crippen LogP contribution in [0.3, 0.4) is 0 Å². The zero-order chi connectivity index (χ0) is 12.7. The molecule has 4 heteroatoms. The molecule has 1 spiro atoms. The Bertz CT molecular complexity index is 205. The largest absolute Gasteiger partial charge is 0.355 e. The van der Waals surface area contributed by atoms with Crippen molar-refractivity contribution in [1.29, 1.82) is 0 Å². The van der Waals surface area contributed by atoms with Gasteiger partial charge < -0.3 is 18.9 Å². The van der Waals surface area contributed by atoms with Gasteiger partial charge in [-0.25, -0.2) is 0 Å². The van der Waals surface area contributed by atoms with Gasteiger partial charge in [0.25, 0.3) is 0 Å². The van der Waals surface area contributed by atoms with Gasteiger partial charge in [-0.1, -0.05) is 6.42 Å². The molecule has 3 aliphatic rings. The van der Waals surface area contributed by atoms with Crippen molar-refractivity contribution >= 4 is 0 Å². The SMILES string of the molecule is C1COCOC1.CC1CCOC2(CCCCC2)O1. The summed E-state index contributed by atoms with van der Waals surface area (Å²) < 4.78 is 21.3. The summed E-state index contributed by atoms with van der Waals surface area (Å²) in [6.07, 6.45) is 8.62. The van der Waals surface area contributed by atoms with Gasteiger partial charge in [-0.15, -0.1) is 0 Å². The Kier molecular flexibility index (Phi) is 5.89. The molecule has 3 fully saturated rings. The summed E-state index contributed by atoms with van der Waals surface area (Å²) in [6, 6.07) is 0. The van der Waals surface area contributed by atoms with Gasteiger partial charge in [-0.2, -0.15) is 0 Å². The minimum absolute atomic E-state index is 0.171. The molecule has 2 aliphatic heterocycles. The first-order chi connectivity index (χ1) is 8.81. The molecule has 0 radical (unpaired) electrons. The lowest BCUT2D eigenvalue weighted by molar-refractivity contribution is -0.301. The van der Waals surface area contributed by atoms with Crippen LogP contribution < -0.4 is 0 Å². The second kappa shape index (κ2) is 7.43. The molecule has 1 atom stereocenters. The molecule has 0 N–H and O–H groups in total. The average Bonchev–Trinajstić information content (AvgIpc) is 2.42. The van der Waals surface area contributed by atoms with Crippen LogP contribution in [-0.4, -0.2) is 38.5 Å². The first-order valence-corrected chi connectivity index (χ1v) is 7.28. The standard InChI is InChI=1S/C10H18O2.C4H8O2/c1-9-5-8-11-10(12-9)6-3-2-4-7-10;1-2-5-4-6-3-1/h9H,2-8H2,1H3;1-4H2. The zero-order valence-corrected chi connectivity index (χ0v) is 11.5. The number of rotatable bonds is 0. The molecular formula is C14H26O4. The summed E-state index contributed by atoms with van der Waals surface area (Å²) in [5, 5.41) is 0. The normalized spacial score (nSPS) is 31.5. The fraction of sp³-hybridized carbons (Fsp3) is 1.00. The van der Waals surface area contributed by atoms with Crippen LogP contribution in [0.25, 0.3) is 0 Å². The molecule has 106 valence electrons. The second-order valence-electron chi connectivity index (χ2n) is 5.32. The first-order valence-electron chi connectivity index (χ1n) is 7.28. The number of hydrogen-bond donors (Lipinski definition) is 0. The van der Waals surface area contributed by atoms with Crippen molar-refractivity contribution < 1.29 is 18.9 Å². The van der Waals surface area contributed by atoms with E-state index in [0.717, 1.165) is 45.5 Å². The maximum absolute atomic E-state index is 5.89. The zero-order valence-electron chi connectivity index (χ0n) is 11.5. The van der Waals surface area contributed by atoms with Crippen LogP contribution >= 0.6 is 0 Å². The van der Waals surface area contributed by atoms with Gasteiger partial charge in [0.2, 0.25) is 0 Å². The van der Waals surface area contributed by atoms with E-state index in [1.807, 2.05) is 0 Å². The summed E-state index contributed by atoms with van der Waals surface area (Å²) in [6.45, 7) is 5.29. The lowest BCUT2D eigenvalue weighted by Gasteiger charge is -2.42. The number of hydrogen-bond acceptors (Lipinski definition) is 4. The van der Waals surface area contributed by atoms with E-state index in [1.54, 1.807) is 0 Å². The monoisotopic (exact) mass is 258 g/mol. The Balaban J connectivity index is 0.000000169. The summed E-state index contributed by atoms with van der Waals surface area (Å²) in [4.78, 5) is 0. The highest BCUT2D eigenvalue weighted by molar-refractivity contribution is 4.79. The van der Waals surface area contributed by atoms with Crippen LogP contribution in [0.1, 0.15) is 51.9 Å². The Morgan fingerprint density at radius 3 is 2.11 bits per heavy atom. The van der Waals surface area contributed by atoms with E-state index < -0.39 is 0 Å². The summed E-state index contributed by atoms with van der Waals surface area (Å²) in [5.41, 5.74) is 0. The molecule has 0 aromatic rings. The maximum atomic E-state index is 5.89. The highest BCUT2D eigenvalue weighted by Crippen LogP contribution is 2.36. The average molecular weight is 258 g/mol. The van der Waals surface area contributed by atoms with Crippen molar-refractivity contribution in [3.8, 4) is 0 Å². The molecule has 18 heavy (non-hydrogen) atoms. The molecule has 2 heterocycles. The molecule has 0 bridgehead atoms. The topological polar surface area (TPSA) is 36.9 Å². The summed E-state index contributed by atoms with van der Waals surface area (Å²) in [7, 11) is 0. The highest BCUT2D eigenvalue weighted by Gasteiger charge is 2.38. The van der Waals surface area contributed by atoms with E-state index in [-0.39, 0.29) is 5.79 Å². The smallest absolute Gasteiger partial charge is 0.168 e. The molecule has 0 amide bonds. The van der Waals surface area contributed by atoms with E-state index in [4.69, 9.17) is 18.9 Å². The third kappa shape index (κ3) is 4.50. The van der Waals surface area contributed by atoms with Crippen molar-refractivity contribution in [2.45, 2.75) is 63.8 Å². The summed E-state index contributed by atoms with van der Waals surface area (Å²) >= 11 is 0. The fourth-order valence-corrected chi connectivity index (χ4v) is 2.66. The molecule has 3 rings (SSSR count). The minimum atomic E-state index is -0.171. The van der Waals surface area contributed by atoms with Crippen LogP contribution in [0.5, 0.6) is 0 Å². The quantitative estimate of drug-likeness (QED) is 0.669. The summed E-state index contributed by atoms with van der Waals surface area (Å²) in [5.74, 6) is -0.171. The first kappa shape index (κ1) is 14.3. The van der Waals surface area contributed by atoms with Crippen molar-refractivity contribution in [2.24, 2.45) is 0 Å². The van der Waals surface area contributed by atoms with Crippen molar-refractivity contribution in [3.63, 3.8) is 0 Å². The predicted molar refractivity (Wildman–Crippen MR) is 68.3 cm³/mol. The number of ether oxygens (including phenoxy) is 4. The Morgan fingerprint density at radius 2 is 1.61 bits per heavy atom. The Labute approximate surface area is 110 Å². The van der Waals surface area contributed by atoms with E-state index in [9.17, 15) is 0 Å². The van der Waals surface area contributed by atoms with Gasteiger partial charge in [-0.05, 0) is 32.6 Å². The maximum Gasteiger partial charge on any atom is 0.168 e. The molecule has 0 aromatic heterocycles. The van der Waals surface area contributed by atoms with Gasteiger partial charge in [0, 0.05) is 12.8 Å². The molecule has 0 aromatic carbocycles. The molecule has 1 unspecified atom stereocenters. The van der Waals surface area contributed by atoms with Gasteiger partial charge in [0.1, 0.15) is 6.79 Å². The van der Waals surface area contributed by atoms with Crippen LogP contribution in [0.15, 0.2) is 0 Å². The van der Waals surface area contributed by atoms with Crippen LogP contribution in [0.4, 0.5) is 0 Å². The van der Waals surface area contributed by atoms with Crippen LogP contribution in [0, 0.1) is 0 Å². The van der Waals surface area contributed by atoms with Crippen molar-refractivity contribution in [3.05, 3.63) is 0 Å².